The van der Waals surface area contributed by atoms with Gasteiger partial charge in [-0.2, -0.15) is 0 Å². The number of hydrogen-bond acceptors (Lipinski definition) is 0. The first-order chi connectivity index (χ1) is 4.20. The molecular weight excluding hydrogens is 267 g/mol. The molecule has 0 fully saturated rings. The maximum absolute atomic E-state index is 12.2. The Bertz CT molecular complexity index is 199. The van der Waals surface area contributed by atoms with Gasteiger partial charge in [-0.15, -0.1) is 0 Å². The van der Waals surface area contributed by atoms with Gasteiger partial charge in [0.25, 0.3) is 0 Å². The van der Waals surface area contributed by atoms with Crippen LogP contribution in [0.1, 0.15) is 0 Å². The molecule has 0 unspecified atom stereocenters. The Kier molecular flexibility index (Phi) is 7.23. The predicted molar refractivity (Wildman–Crippen MR) is 31.8 cm³/mol. The average molecular weight is 272 g/mol. The maximum Gasteiger partial charge on any atom is 0.224 e. The minimum atomic E-state index is -0.845. The Morgan fingerprint density at radius 2 is 1.73 bits per heavy atom. The third-order valence-corrected chi connectivity index (χ3v) is 0.984. The van der Waals surface area contributed by atoms with E-state index in [0.29, 0.717) is 5.57 Å². The summed E-state index contributed by atoms with van der Waals surface area (Å²) in [6.07, 6.45) is 2.69. The Labute approximate surface area is 87.6 Å². The fourth-order valence-electron chi connectivity index (χ4n) is 0.540. The summed E-state index contributed by atoms with van der Waals surface area (Å²) < 4.78 is 24.3. The van der Waals surface area contributed by atoms with Gasteiger partial charge in [-0.3, -0.25) is 0 Å². The molecule has 0 saturated heterocycles. The summed E-state index contributed by atoms with van der Waals surface area (Å²) in [5, 5.41) is 0. The first kappa shape index (κ1) is 13.8. The van der Waals surface area contributed by atoms with Crippen molar-refractivity contribution >= 4 is 0 Å². The Balaban J connectivity index is 0. The van der Waals surface area contributed by atoms with E-state index < -0.39 is 12.0 Å². The van der Waals surface area contributed by atoms with Gasteiger partial charge < -0.3 is 17.0 Å². The third-order valence-electron chi connectivity index (χ3n) is 0.984. The molecule has 57 valence electrons. The van der Waals surface area contributed by atoms with Crippen LogP contribution in [0.15, 0.2) is 36.2 Å². The average Bonchev–Trinajstić information content (AvgIpc) is 1.80. The van der Waals surface area contributed by atoms with Crippen LogP contribution in [0.5, 0.6) is 0 Å². The minimum absolute atomic E-state index is 0. The minimum Gasteiger partial charge on any atom is -1.00 e. The van der Waals surface area contributed by atoms with E-state index in [4.69, 9.17) is 0 Å². The zero-order valence-electron chi connectivity index (χ0n) is 5.78. The fourth-order valence-corrected chi connectivity index (χ4v) is 0.540. The van der Waals surface area contributed by atoms with E-state index in [0.717, 1.165) is 12.2 Å². The van der Waals surface area contributed by atoms with Gasteiger partial charge in [0.1, 0.15) is 5.83 Å². The molecule has 1 aliphatic carbocycles. The summed E-state index contributed by atoms with van der Waals surface area (Å²) in [6, 6.07) is 0. The van der Waals surface area contributed by atoms with Crippen molar-refractivity contribution in [2.24, 2.45) is 0 Å². The summed E-state index contributed by atoms with van der Waals surface area (Å²) in [7, 11) is 0. The van der Waals surface area contributed by atoms with E-state index in [1.165, 1.54) is 6.08 Å². The summed E-state index contributed by atoms with van der Waals surface area (Å²) in [5.41, 5.74) is 0.480. The second kappa shape index (κ2) is 5.79. The molecule has 0 aromatic rings. The first-order valence-electron chi connectivity index (χ1n) is 2.47. The molecule has 0 amide bonds. The second-order valence-corrected chi connectivity index (χ2v) is 1.75. The van der Waals surface area contributed by atoms with Crippen LogP contribution in [0.4, 0.5) is 8.78 Å². The maximum atomic E-state index is 12.2. The molecule has 1 aliphatic rings. The van der Waals surface area contributed by atoms with Crippen LogP contribution >= 0.6 is 0 Å². The summed E-state index contributed by atoms with van der Waals surface area (Å²) in [6.45, 7) is 3.42. The molecule has 1 radical (unpaired) electrons. The zero-order valence-corrected chi connectivity index (χ0v) is 10.3. The molecule has 0 N–H and O–H groups in total. The molecule has 0 heterocycles. The molecule has 0 aromatic carbocycles. The third kappa shape index (κ3) is 3.92. The van der Waals surface area contributed by atoms with Crippen molar-refractivity contribution in [3.05, 3.63) is 42.4 Å². The largest absolute Gasteiger partial charge is 1.00 e. The normalized spacial score (nSPS) is 16.5. The zero-order chi connectivity index (χ0) is 6.85. The van der Waals surface area contributed by atoms with Gasteiger partial charge in [0.2, 0.25) is 6.17 Å². The van der Waals surface area contributed by atoms with Crippen molar-refractivity contribution < 1.29 is 45.2 Å². The van der Waals surface area contributed by atoms with Crippen LogP contribution in [0.3, 0.4) is 0 Å². The van der Waals surface area contributed by atoms with E-state index in [1.807, 2.05) is 0 Å². The van der Waals surface area contributed by atoms with Gasteiger partial charge in [0.05, 0.1) is 0 Å². The van der Waals surface area contributed by atoms with Gasteiger partial charge in [-0.1, -0.05) is 12.7 Å². The molecule has 11 heavy (non-hydrogen) atoms. The Morgan fingerprint density at radius 1 is 1.18 bits per heavy atom. The van der Waals surface area contributed by atoms with Crippen LogP contribution in [0, 0.1) is 6.17 Å². The molecule has 0 saturated carbocycles. The SMILES string of the molecule is C=C1C=C[C](F)C(F)=C1.[Br-].[Zn]. The van der Waals surface area contributed by atoms with Gasteiger partial charge in [0, 0.05) is 19.5 Å². The second-order valence-electron chi connectivity index (χ2n) is 1.75. The standard InChI is InChI=1S/C7H5F2.BrH.Zn/c1-5-2-3-6(8)7(9)4-5;;/h2-4H,1H2;1H;/p-1. The van der Waals surface area contributed by atoms with Crippen LogP contribution in [-0.2, 0) is 19.5 Å². The van der Waals surface area contributed by atoms with Crippen molar-refractivity contribution in [3.8, 4) is 0 Å². The van der Waals surface area contributed by atoms with Crippen molar-refractivity contribution in [2.75, 3.05) is 0 Å². The van der Waals surface area contributed by atoms with Gasteiger partial charge >= 0.3 is 0 Å². The van der Waals surface area contributed by atoms with Crippen LogP contribution in [0.25, 0.3) is 0 Å². The molecular formula is C7H5BrF2Zn-. The van der Waals surface area contributed by atoms with Crippen molar-refractivity contribution in [1.29, 1.82) is 0 Å². The van der Waals surface area contributed by atoms with E-state index in [2.05, 4.69) is 6.58 Å². The van der Waals surface area contributed by atoms with Crippen molar-refractivity contribution in [1.82, 2.24) is 0 Å². The number of halogens is 3. The van der Waals surface area contributed by atoms with Crippen molar-refractivity contribution in [3.63, 3.8) is 0 Å². The van der Waals surface area contributed by atoms with E-state index in [-0.39, 0.29) is 36.5 Å². The summed E-state index contributed by atoms with van der Waals surface area (Å²) in [5.74, 6) is -0.845. The first-order valence-corrected chi connectivity index (χ1v) is 2.47. The van der Waals surface area contributed by atoms with Gasteiger partial charge in [-0.05, 0) is 17.7 Å². The molecule has 0 aromatic heterocycles. The van der Waals surface area contributed by atoms with Crippen LogP contribution < -0.4 is 17.0 Å². The Hall–Kier alpha value is 0.183. The number of rotatable bonds is 0. The van der Waals surface area contributed by atoms with Crippen LogP contribution in [0.2, 0.25) is 0 Å². The molecule has 0 spiro atoms. The Morgan fingerprint density at radius 3 is 2.09 bits per heavy atom. The van der Waals surface area contributed by atoms with E-state index >= 15 is 0 Å². The van der Waals surface area contributed by atoms with Gasteiger partial charge in [-0.25, -0.2) is 8.78 Å². The van der Waals surface area contributed by atoms with Crippen molar-refractivity contribution in [2.45, 2.75) is 0 Å². The molecule has 1 rings (SSSR count). The smallest absolute Gasteiger partial charge is 0.224 e. The fraction of sp³-hybridized carbons (Fsp3) is 0. The number of allylic oxidation sites excluding steroid dienone is 5. The van der Waals surface area contributed by atoms with E-state index in [9.17, 15) is 8.78 Å². The van der Waals surface area contributed by atoms with E-state index in [1.54, 1.807) is 0 Å². The summed E-state index contributed by atoms with van der Waals surface area (Å²) >= 11 is 0. The van der Waals surface area contributed by atoms with Crippen LogP contribution in [-0.4, -0.2) is 0 Å². The molecule has 0 bridgehead atoms. The van der Waals surface area contributed by atoms with Gasteiger partial charge in [0.15, 0.2) is 0 Å². The monoisotopic (exact) mass is 270 g/mol. The molecule has 0 aliphatic heterocycles. The molecule has 4 heteroatoms. The molecule has 0 nitrogen and oxygen atoms in total. The number of hydrogen-bond donors (Lipinski definition) is 0. The predicted octanol–water partition coefficient (Wildman–Crippen LogP) is -0.531. The summed E-state index contributed by atoms with van der Waals surface area (Å²) in [4.78, 5) is 0. The quantitative estimate of drug-likeness (QED) is 0.520. The topological polar surface area (TPSA) is 0 Å². The molecule has 0 atom stereocenters.